The summed E-state index contributed by atoms with van der Waals surface area (Å²) in [5.41, 5.74) is 4.94. The minimum absolute atomic E-state index is 0.221. The lowest BCUT2D eigenvalue weighted by Crippen LogP contribution is -2.36. The Bertz CT molecular complexity index is 995. The van der Waals surface area contributed by atoms with E-state index in [0.717, 1.165) is 22.5 Å². The molecule has 0 atom stereocenters. The third kappa shape index (κ3) is 2.85. The molecule has 7 heteroatoms. The van der Waals surface area contributed by atoms with Gasteiger partial charge in [0.05, 0.1) is 5.69 Å². The quantitative estimate of drug-likeness (QED) is 0.784. The lowest BCUT2D eigenvalue weighted by molar-refractivity contribution is 0.390. The fourth-order valence-electron chi connectivity index (χ4n) is 3.07. The van der Waals surface area contributed by atoms with Crippen molar-refractivity contribution >= 4 is 10.0 Å². The van der Waals surface area contributed by atoms with Crippen LogP contribution in [0.5, 0.6) is 0 Å². The van der Waals surface area contributed by atoms with Gasteiger partial charge in [-0.1, -0.05) is 29.8 Å². The Hall–Kier alpha value is -2.51. The largest absolute Gasteiger partial charge is 0.282 e. The smallest absolute Gasteiger partial charge is 0.244 e. The van der Waals surface area contributed by atoms with Crippen molar-refractivity contribution in [1.29, 1.82) is 0 Å². The summed E-state index contributed by atoms with van der Waals surface area (Å²) in [7, 11) is -3.56. The summed E-state index contributed by atoms with van der Waals surface area (Å²) in [6, 6.07) is 11.3. The Labute approximate surface area is 146 Å². The molecule has 0 fully saturated rings. The number of nitrogens with one attached hydrogen (secondary N) is 1. The van der Waals surface area contributed by atoms with Crippen molar-refractivity contribution in [2.24, 2.45) is 0 Å². The molecule has 6 nitrogen and oxygen atoms in total. The van der Waals surface area contributed by atoms with Gasteiger partial charge in [0.25, 0.3) is 0 Å². The molecule has 2 aromatic heterocycles. The Morgan fingerprint density at radius 3 is 2.68 bits per heavy atom. The van der Waals surface area contributed by atoms with Crippen LogP contribution in [0.25, 0.3) is 11.3 Å². The van der Waals surface area contributed by atoms with Crippen molar-refractivity contribution in [2.75, 3.05) is 6.54 Å². The van der Waals surface area contributed by atoms with Crippen LogP contribution in [0, 0.1) is 6.92 Å². The number of sulfonamides is 1. The summed E-state index contributed by atoms with van der Waals surface area (Å²) in [4.78, 5) is 4.15. The van der Waals surface area contributed by atoms with Crippen LogP contribution in [0.3, 0.4) is 0 Å². The average molecular weight is 354 g/mol. The van der Waals surface area contributed by atoms with Gasteiger partial charge >= 0.3 is 0 Å². The molecule has 0 spiro atoms. The van der Waals surface area contributed by atoms with E-state index in [1.54, 1.807) is 18.3 Å². The van der Waals surface area contributed by atoms with E-state index in [-0.39, 0.29) is 4.90 Å². The molecule has 1 aromatic carbocycles. The molecule has 0 radical (unpaired) electrons. The van der Waals surface area contributed by atoms with Gasteiger partial charge in [-0.2, -0.15) is 9.40 Å². The van der Waals surface area contributed by atoms with Gasteiger partial charge in [0, 0.05) is 48.7 Å². The SMILES string of the molecule is Cc1ccc(-c2n[nH]c3c2CN(S(=O)(=O)c2cccnc2)CC3)cc1. The predicted molar refractivity (Wildman–Crippen MR) is 94.3 cm³/mol. The standard InChI is InChI=1S/C18H18N4O2S/c1-13-4-6-14(7-5-13)18-16-12-22(10-8-17(16)20-21-18)25(23,24)15-3-2-9-19-11-15/h2-7,9,11H,8,10,12H2,1H3,(H,20,21). The van der Waals surface area contributed by atoms with Gasteiger partial charge in [0.1, 0.15) is 4.90 Å². The van der Waals surface area contributed by atoms with Crippen LogP contribution >= 0.6 is 0 Å². The Kier molecular flexibility index (Phi) is 3.89. The summed E-state index contributed by atoms with van der Waals surface area (Å²) in [5.74, 6) is 0. The molecular weight excluding hydrogens is 336 g/mol. The number of aromatic amines is 1. The number of benzene rings is 1. The summed E-state index contributed by atoms with van der Waals surface area (Å²) >= 11 is 0. The maximum absolute atomic E-state index is 12.9. The van der Waals surface area contributed by atoms with Crippen molar-refractivity contribution < 1.29 is 8.42 Å². The zero-order valence-corrected chi connectivity index (χ0v) is 14.6. The first-order valence-corrected chi connectivity index (χ1v) is 9.53. The first-order valence-electron chi connectivity index (χ1n) is 8.09. The third-order valence-corrected chi connectivity index (χ3v) is 6.32. The molecule has 128 valence electrons. The molecule has 0 bridgehead atoms. The normalized spacial score (nSPS) is 15.1. The van der Waals surface area contributed by atoms with E-state index in [0.29, 0.717) is 19.5 Å². The maximum atomic E-state index is 12.9. The number of hydrogen-bond acceptors (Lipinski definition) is 4. The molecule has 0 saturated carbocycles. The van der Waals surface area contributed by atoms with Crippen LogP contribution in [0.4, 0.5) is 0 Å². The summed E-state index contributed by atoms with van der Waals surface area (Å²) < 4.78 is 27.2. The second kappa shape index (κ2) is 6.09. The van der Waals surface area contributed by atoms with Crippen molar-refractivity contribution in [3.05, 3.63) is 65.6 Å². The van der Waals surface area contributed by atoms with Crippen LogP contribution in [-0.4, -0.2) is 34.4 Å². The average Bonchev–Trinajstić information content (AvgIpc) is 3.06. The monoisotopic (exact) mass is 354 g/mol. The predicted octanol–water partition coefficient (Wildman–Crippen LogP) is 2.53. The lowest BCUT2D eigenvalue weighted by atomic mass is 10.0. The van der Waals surface area contributed by atoms with Crippen LogP contribution in [0.1, 0.15) is 16.8 Å². The summed E-state index contributed by atoms with van der Waals surface area (Å²) in [6.45, 7) is 2.78. The summed E-state index contributed by atoms with van der Waals surface area (Å²) in [6.07, 6.45) is 3.58. The summed E-state index contributed by atoms with van der Waals surface area (Å²) in [5, 5.41) is 7.50. The fraction of sp³-hybridized carbons (Fsp3) is 0.222. The van der Waals surface area contributed by atoms with E-state index in [1.165, 1.54) is 16.1 Å². The number of rotatable bonds is 3. The molecule has 1 N–H and O–H groups in total. The van der Waals surface area contributed by atoms with Gasteiger partial charge < -0.3 is 0 Å². The first-order chi connectivity index (χ1) is 12.1. The van der Waals surface area contributed by atoms with Crippen molar-refractivity contribution in [2.45, 2.75) is 24.8 Å². The highest BCUT2D eigenvalue weighted by Gasteiger charge is 2.31. The van der Waals surface area contributed by atoms with Crippen molar-refractivity contribution in [3.63, 3.8) is 0 Å². The fourth-order valence-corrected chi connectivity index (χ4v) is 4.45. The van der Waals surface area contributed by atoms with Crippen molar-refractivity contribution in [3.8, 4) is 11.3 Å². The highest BCUT2D eigenvalue weighted by Crippen LogP contribution is 2.30. The second-order valence-electron chi connectivity index (χ2n) is 6.17. The van der Waals surface area contributed by atoms with E-state index in [4.69, 9.17) is 0 Å². The van der Waals surface area contributed by atoms with Gasteiger partial charge in [-0.05, 0) is 19.1 Å². The highest BCUT2D eigenvalue weighted by molar-refractivity contribution is 7.89. The lowest BCUT2D eigenvalue weighted by Gasteiger charge is -2.26. The second-order valence-corrected chi connectivity index (χ2v) is 8.11. The third-order valence-electron chi connectivity index (χ3n) is 4.50. The molecule has 0 aliphatic carbocycles. The first kappa shape index (κ1) is 16.0. The van der Waals surface area contributed by atoms with E-state index in [1.807, 2.05) is 31.2 Å². The van der Waals surface area contributed by atoms with Gasteiger partial charge in [-0.25, -0.2) is 8.42 Å². The topological polar surface area (TPSA) is 79.0 Å². The van der Waals surface area contributed by atoms with Crippen LogP contribution in [0.2, 0.25) is 0 Å². The van der Waals surface area contributed by atoms with Gasteiger partial charge in [-0.3, -0.25) is 10.1 Å². The molecular formula is C18H18N4O2S. The zero-order valence-electron chi connectivity index (χ0n) is 13.8. The molecule has 4 rings (SSSR count). The van der Waals surface area contributed by atoms with Crippen LogP contribution in [0.15, 0.2) is 53.7 Å². The number of fused-ring (bicyclic) bond motifs is 1. The van der Waals surface area contributed by atoms with Gasteiger partial charge in [-0.15, -0.1) is 0 Å². The molecule has 1 aliphatic rings. The highest BCUT2D eigenvalue weighted by atomic mass is 32.2. The number of H-pyrrole nitrogens is 1. The Balaban J connectivity index is 1.70. The molecule has 1 aliphatic heterocycles. The molecule has 3 heterocycles. The van der Waals surface area contributed by atoms with E-state index < -0.39 is 10.0 Å². The number of nitrogens with zero attached hydrogens (tertiary/aromatic N) is 3. The van der Waals surface area contributed by atoms with Gasteiger partial charge in [0.2, 0.25) is 10.0 Å². The van der Waals surface area contributed by atoms with Crippen molar-refractivity contribution in [1.82, 2.24) is 19.5 Å². The number of hydrogen-bond donors (Lipinski definition) is 1. The van der Waals surface area contributed by atoms with Crippen LogP contribution < -0.4 is 0 Å². The Morgan fingerprint density at radius 2 is 1.96 bits per heavy atom. The number of aromatic nitrogens is 3. The molecule has 3 aromatic rings. The number of aryl methyl sites for hydroxylation is 1. The van der Waals surface area contributed by atoms with E-state index in [2.05, 4.69) is 15.2 Å². The van der Waals surface area contributed by atoms with E-state index >= 15 is 0 Å². The minimum atomic E-state index is -3.56. The number of pyridine rings is 1. The zero-order chi connectivity index (χ0) is 17.4. The molecule has 0 saturated heterocycles. The Morgan fingerprint density at radius 1 is 1.16 bits per heavy atom. The maximum Gasteiger partial charge on any atom is 0.244 e. The van der Waals surface area contributed by atoms with Crippen LogP contribution in [-0.2, 0) is 23.0 Å². The minimum Gasteiger partial charge on any atom is -0.282 e. The molecule has 0 amide bonds. The van der Waals surface area contributed by atoms with Gasteiger partial charge in [0.15, 0.2) is 0 Å². The molecule has 25 heavy (non-hydrogen) atoms. The molecule has 0 unspecified atom stereocenters. The van der Waals surface area contributed by atoms with E-state index in [9.17, 15) is 8.42 Å².